The van der Waals surface area contributed by atoms with E-state index in [0.29, 0.717) is 6.61 Å². The molecule has 0 spiro atoms. The highest BCUT2D eigenvalue weighted by Crippen LogP contribution is 2.27. The molecule has 2 heteroatoms. The van der Waals surface area contributed by atoms with Gasteiger partial charge in [0.25, 0.3) is 0 Å². The van der Waals surface area contributed by atoms with E-state index in [-0.39, 0.29) is 12.4 Å². The van der Waals surface area contributed by atoms with E-state index in [4.69, 9.17) is 9.47 Å². The first-order chi connectivity index (χ1) is 6.79. The highest BCUT2D eigenvalue weighted by molar-refractivity contribution is 5.23. The van der Waals surface area contributed by atoms with Crippen molar-refractivity contribution in [3.8, 4) is 0 Å². The molecule has 0 aliphatic carbocycles. The molecule has 1 saturated heterocycles. The predicted molar refractivity (Wildman–Crippen MR) is 54.9 cm³/mol. The van der Waals surface area contributed by atoms with E-state index in [0.717, 1.165) is 5.56 Å². The molecular formula is C12H14O2. The van der Waals surface area contributed by atoms with Crippen LogP contribution in [0.2, 0.25) is 0 Å². The normalized spacial score (nSPS) is 26.4. The van der Waals surface area contributed by atoms with Crippen molar-refractivity contribution < 1.29 is 9.47 Å². The molecule has 2 rings (SSSR count). The molecule has 0 aromatic heterocycles. The molecule has 0 saturated carbocycles. The van der Waals surface area contributed by atoms with Gasteiger partial charge in [-0.25, -0.2) is 0 Å². The number of ether oxygens (including phenoxy) is 2. The average Bonchev–Trinajstić information content (AvgIpc) is 2.66. The molecule has 0 amide bonds. The molecule has 74 valence electrons. The largest absolute Gasteiger partial charge is 0.345 e. The van der Waals surface area contributed by atoms with Gasteiger partial charge in [-0.1, -0.05) is 35.9 Å². The highest BCUT2D eigenvalue weighted by Gasteiger charge is 2.24. The van der Waals surface area contributed by atoms with E-state index in [1.807, 2.05) is 12.1 Å². The molecule has 1 aliphatic heterocycles. The molecule has 2 atom stereocenters. The Kier molecular flexibility index (Phi) is 2.66. The molecule has 2 nitrogen and oxygen atoms in total. The molecule has 1 aromatic carbocycles. The van der Waals surface area contributed by atoms with E-state index >= 15 is 0 Å². The number of hydrogen-bond acceptors (Lipinski definition) is 2. The van der Waals surface area contributed by atoms with Gasteiger partial charge in [-0.3, -0.25) is 0 Å². The second-order valence-corrected chi connectivity index (χ2v) is 3.49. The van der Waals surface area contributed by atoms with Crippen LogP contribution in [0.15, 0.2) is 36.9 Å². The smallest absolute Gasteiger partial charge is 0.184 e. The number of rotatable bonds is 2. The summed E-state index contributed by atoms with van der Waals surface area (Å²) in [6, 6.07) is 8.17. The Labute approximate surface area is 84.2 Å². The lowest BCUT2D eigenvalue weighted by molar-refractivity contribution is -0.0533. The molecule has 1 aliphatic rings. The summed E-state index contributed by atoms with van der Waals surface area (Å²) in [5.41, 5.74) is 2.30. The minimum Gasteiger partial charge on any atom is -0.345 e. The van der Waals surface area contributed by atoms with Gasteiger partial charge in [0.2, 0.25) is 0 Å². The Hall–Kier alpha value is -1.12. The average molecular weight is 190 g/mol. The number of hydrogen-bond donors (Lipinski definition) is 0. The van der Waals surface area contributed by atoms with Crippen molar-refractivity contribution in [2.24, 2.45) is 0 Å². The van der Waals surface area contributed by atoms with Crippen molar-refractivity contribution in [3.63, 3.8) is 0 Å². The summed E-state index contributed by atoms with van der Waals surface area (Å²) in [7, 11) is 0. The Morgan fingerprint density at radius 2 is 2.36 bits per heavy atom. The topological polar surface area (TPSA) is 18.5 Å². The van der Waals surface area contributed by atoms with Crippen LogP contribution < -0.4 is 0 Å². The van der Waals surface area contributed by atoms with Crippen molar-refractivity contribution in [3.05, 3.63) is 48.0 Å². The maximum Gasteiger partial charge on any atom is 0.184 e. The highest BCUT2D eigenvalue weighted by atomic mass is 16.7. The van der Waals surface area contributed by atoms with Crippen molar-refractivity contribution in [2.75, 3.05) is 6.61 Å². The number of aryl methyl sites for hydroxylation is 1. The van der Waals surface area contributed by atoms with E-state index in [1.165, 1.54) is 5.56 Å². The van der Waals surface area contributed by atoms with Crippen LogP contribution in [-0.4, -0.2) is 12.7 Å². The van der Waals surface area contributed by atoms with Crippen LogP contribution in [0.25, 0.3) is 0 Å². The number of benzene rings is 1. The first kappa shape index (κ1) is 9.44. The third kappa shape index (κ3) is 1.86. The summed E-state index contributed by atoms with van der Waals surface area (Å²) in [5, 5.41) is 0. The molecule has 1 aromatic rings. The monoisotopic (exact) mass is 190 g/mol. The van der Waals surface area contributed by atoms with Crippen LogP contribution in [0.5, 0.6) is 0 Å². The molecule has 0 N–H and O–H groups in total. The van der Waals surface area contributed by atoms with Gasteiger partial charge in [0.05, 0.1) is 6.61 Å². The second-order valence-electron chi connectivity index (χ2n) is 3.49. The fourth-order valence-electron chi connectivity index (χ4n) is 1.53. The first-order valence-electron chi connectivity index (χ1n) is 4.76. The molecule has 1 fully saturated rings. The maximum absolute atomic E-state index is 5.61. The van der Waals surface area contributed by atoms with Crippen molar-refractivity contribution in [1.29, 1.82) is 0 Å². The third-order valence-electron chi connectivity index (χ3n) is 2.29. The van der Waals surface area contributed by atoms with Gasteiger partial charge >= 0.3 is 0 Å². The lowest BCUT2D eigenvalue weighted by Gasteiger charge is -2.10. The van der Waals surface area contributed by atoms with Gasteiger partial charge in [-0.15, -0.1) is 6.58 Å². The standard InChI is InChI=1S/C12H14O2/c1-3-11-8-13-12(14-11)10-6-4-5-9(2)7-10/h3-7,11-12H,1,8H2,2H3. The van der Waals surface area contributed by atoms with Crippen LogP contribution in [0, 0.1) is 6.92 Å². The van der Waals surface area contributed by atoms with Gasteiger partial charge in [0.15, 0.2) is 6.29 Å². The Morgan fingerprint density at radius 3 is 3.00 bits per heavy atom. The second kappa shape index (κ2) is 3.95. The lowest BCUT2D eigenvalue weighted by Crippen LogP contribution is -2.04. The zero-order valence-electron chi connectivity index (χ0n) is 8.27. The zero-order valence-corrected chi connectivity index (χ0v) is 8.27. The predicted octanol–water partition coefficient (Wildman–Crippen LogP) is 2.60. The molecule has 2 unspecified atom stereocenters. The van der Waals surface area contributed by atoms with Gasteiger partial charge in [-0.05, 0) is 6.92 Å². The van der Waals surface area contributed by atoms with Crippen molar-refractivity contribution in [1.82, 2.24) is 0 Å². The van der Waals surface area contributed by atoms with E-state index in [9.17, 15) is 0 Å². The lowest BCUT2D eigenvalue weighted by atomic mass is 10.1. The van der Waals surface area contributed by atoms with Gasteiger partial charge in [0.1, 0.15) is 6.10 Å². The SMILES string of the molecule is C=CC1COC(c2cccc(C)c2)O1. The molecule has 14 heavy (non-hydrogen) atoms. The summed E-state index contributed by atoms with van der Waals surface area (Å²) >= 11 is 0. The minimum absolute atomic E-state index is 0.0283. The van der Waals surface area contributed by atoms with Gasteiger partial charge < -0.3 is 9.47 Å². The fourth-order valence-corrected chi connectivity index (χ4v) is 1.53. The third-order valence-corrected chi connectivity index (χ3v) is 2.29. The van der Waals surface area contributed by atoms with Crippen LogP contribution in [0.1, 0.15) is 17.4 Å². The Balaban J connectivity index is 2.13. The van der Waals surface area contributed by atoms with Crippen molar-refractivity contribution >= 4 is 0 Å². The summed E-state index contributed by atoms with van der Waals surface area (Å²) in [6.07, 6.45) is 1.58. The quantitative estimate of drug-likeness (QED) is 0.667. The summed E-state index contributed by atoms with van der Waals surface area (Å²) in [6.45, 7) is 6.34. The molecule has 0 radical (unpaired) electrons. The van der Waals surface area contributed by atoms with E-state index in [1.54, 1.807) is 6.08 Å². The molecule has 0 bridgehead atoms. The van der Waals surface area contributed by atoms with Crippen LogP contribution in [-0.2, 0) is 9.47 Å². The fraction of sp³-hybridized carbons (Fsp3) is 0.333. The van der Waals surface area contributed by atoms with Crippen LogP contribution in [0.3, 0.4) is 0 Å². The Bertz CT molecular complexity index is 333. The molecule has 1 heterocycles. The summed E-state index contributed by atoms with van der Waals surface area (Å²) in [4.78, 5) is 0. The summed E-state index contributed by atoms with van der Waals surface area (Å²) < 4.78 is 11.1. The van der Waals surface area contributed by atoms with Crippen LogP contribution in [0.4, 0.5) is 0 Å². The van der Waals surface area contributed by atoms with Crippen LogP contribution >= 0.6 is 0 Å². The van der Waals surface area contributed by atoms with Crippen molar-refractivity contribution in [2.45, 2.75) is 19.3 Å². The molecular weight excluding hydrogens is 176 g/mol. The van der Waals surface area contributed by atoms with Gasteiger partial charge in [0, 0.05) is 5.56 Å². The maximum atomic E-state index is 5.61. The first-order valence-corrected chi connectivity index (χ1v) is 4.76. The Morgan fingerprint density at radius 1 is 1.50 bits per heavy atom. The van der Waals surface area contributed by atoms with E-state index < -0.39 is 0 Å². The summed E-state index contributed by atoms with van der Waals surface area (Å²) in [5.74, 6) is 0. The van der Waals surface area contributed by atoms with E-state index in [2.05, 4.69) is 25.6 Å². The minimum atomic E-state index is -0.224. The zero-order chi connectivity index (χ0) is 9.97. The van der Waals surface area contributed by atoms with Gasteiger partial charge in [-0.2, -0.15) is 0 Å².